The molecule has 0 saturated heterocycles. The third-order valence-electron chi connectivity index (χ3n) is 3.66. The second-order valence-corrected chi connectivity index (χ2v) is 5.63. The summed E-state index contributed by atoms with van der Waals surface area (Å²) in [5, 5.41) is 3.14. The van der Waals surface area contributed by atoms with Crippen LogP contribution < -0.4 is 19.5 Å². The van der Waals surface area contributed by atoms with Crippen LogP contribution in [0.25, 0.3) is 0 Å². The maximum absolute atomic E-state index is 12.2. The number of carbonyl (C=O) groups is 1. The van der Waals surface area contributed by atoms with Crippen molar-refractivity contribution in [1.82, 2.24) is 0 Å². The second kappa shape index (κ2) is 7.93. The highest BCUT2D eigenvalue weighted by Crippen LogP contribution is 2.35. The lowest BCUT2D eigenvalue weighted by molar-refractivity contribution is -0.118. The Morgan fingerprint density at radius 1 is 1.08 bits per heavy atom. The molecule has 2 rings (SSSR count). The normalized spacial score (nSPS) is 10.2. The average molecular weight is 350 g/mol. The van der Waals surface area contributed by atoms with Crippen LogP contribution in [-0.2, 0) is 4.79 Å². The van der Waals surface area contributed by atoms with Gasteiger partial charge in [-0.25, -0.2) is 0 Å². The molecule has 0 aromatic heterocycles. The number of halogens is 1. The number of hydrogen-bond acceptors (Lipinski definition) is 4. The molecule has 0 aliphatic carbocycles. The van der Waals surface area contributed by atoms with E-state index in [0.717, 1.165) is 11.1 Å². The Hall–Kier alpha value is -2.40. The first kappa shape index (κ1) is 17.9. The van der Waals surface area contributed by atoms with Gasteiger partial charge in [-0.15, -0.1) is 0 Å². The molecule has 0 unspecified atom stereocenters. The van der Waals surface area contributed by atoms with E-state index in [1.165, 1.54) is 14.2 Å². The van der Waals surface area contributed by atoms with E-state index in [1.54, 1.807) is 12.1 Å². The first-order valence-corrected chi connectivity index (χ1v) is 7.74. The Bertz CT molecular complexity index is 746. The van der Waals surface area contributed by atoms with Crippen LogP contribution in [0, 0.1) is 13.8 Å². The first-order chi connectivity index (χ1) is 11.5. The molecule has 0 heterocycles. The van der Waals surface area contributed by atoms with Crippen LogP contribution in [0.4, 0.5) is 5.69 Å². The predicted octanol–water partition coefficient (Wildman–Crippen LogP) is 3.99. The van der Waals surface area contributed by atoms with Gasteiger partial charge in [0, 0.05) is 12.1 Å². The van der Waals surface area contributed by atoms with Crippen LogP contribution >= 0.6 is 11.6 Å². The zero-order valence-corrected chi connectivity index (χ0v) is 14.9. The fourth-order valence-electron chi connectivity index (χ4n) is 2.17. The van der Waals surface area contributed by atoms with E-state index in [2.05, 4.69) is 5.32 Å². The molecular formula is C18H20ClNO4. The van der Waals surface area contributed by atoms with Crippen LogP contribution in [0.1, 0.15) is 11.1 Å². The second-order valence-electron chi connectivity index (χ2n) is 5.22. The minimum atomic E-state index is -0.307. The largest absolute Gasteiger partial charge is 0.495 e. The monoisotopic (exact) mass is 349 g/mol. The van der Waals surface area contributed by atoms with E-state index in [9.17, 15) is 4.79 Å². The number of ether oxygens (including phenoxy) is 3. The Kier molecular flexibility index (Phi) is 5.93. The van der Waals surface area contributed by atoms with Crippen molar-refractivity contribution in [3.63, 3.8) is 0 Å². The molecule has 128 valence electrons. The molecule has 0 atom stereocenters. The van der Waals surface area contributed by atoms with Gasteiger partial charge in [-0.05, 0) is 31.0 Å². The summed E-state index contributed by atoms with van der Waals surface area (Å²) in [6.45, 7) is 3.83. The predicted molar refractivity (Wildman–Crippen MR) is 94.6 cm³/mol. The van der Waals surface area contributed by atoms with E-state index in [4.69, 9.17) is 25.8 Å². The lowest BCUT2D eigenvalue weighted by Gasteiger charge is -2.14. The third kappa shape index (κ3) is 4.11. The highest BCUT2D eigenvalue weighted by atomic mass is 35.5. The highest BCUT2D eigenvalue weighted by molar-refractivity contribution is 6.32. The fourth-order valence-corrected chi connectivity index (χ4v) is 2.40. The fraction of sp³-hybridized carbons (Fsp3) is 0.278. The zero-order valence-electron chi connectivity index (χ0n) is 14.1. The van der Waals surface area contributed by atoms with E-state index >= 15 is 0 Å². The Morgan fingerprint density at radius 2 is 1.79 bits per heavy atom. The van der Waals surface area contributed by atoms with Gasteiger partial charge in [-0.2, -0.15) is 0 Å². The number of amides is 1. The summed E-state index contributed by atoms with van der Waals surface area (Å²) in [6, 6.07) is 8.91. The molecule has 2 aromatic rings. The van der Waals surface area contributed by atoms with E-state index < -0.39 is 0 Å². The standard InChI is InChI=1S/C18H20ClNO4/c1-11-6-5-7-15(12(11)2)24-10-18(21)20-14-9-16(22-3)13(19)8-17(14)23-4/h5-9H,10H2,1-4H3,(H,20,21). The van der Waals surface area contributed by atoms with Gasteiger partial charge in [-0.3, -0.25) is 4.79 Å². The van der Waals surface area contributed by atoms with Crippen LogP contribution in [0.2, 0.25) is 5.02 Å². The number of aryl methyl sites for hydroxylation is 1. The number of nitrogens with one attached hydrogen (secondary N) is 1. The maximum Gasteiger partial charge on any atom is 0.262 e. The van der Waals surface area contributed by atoms with Crippen molar-refractivity contribution in [2.45, 2.75) is 13.8 Å². The molecule has 6 heteroatoms. The maximum atomic E-state index is 12.2. The number of methoxy groups -OCH3 is 2. The van der Waals surface area contributed by atoms with Crippen molar-refractivity contribution in [1.29, 1.82) is 0 Å². The van der Waals surface area contributed by atoms with Gasteiger partial charge in [0.05, 0.1) is 24.9 Å². The highest BCUT2D eigenvalue weighted by Gasteiger charge is 2.13. The van der Waals surface area contributed by atoms with Gasteiger partial charge in [0.25, 0.3) is 5.91 Å². The molecule has 0 aliphatic rings. The Labute approximate surface area is 146 Å². The molecule has 2 aromatic carbocycles. The minimum absolute atomic E-state index is 0.113. The molecule has 5 nitrogen and oxygen atoms in total. The van der Waals surface area contributed by atoms with Crippen LogP contribution in [0.5, 0.6) is 17.2 Å². The summed E-state index contributed by atoms with van der Waals surface area (Å²) in [5.74, 6) is 1.27. The number of rotatable bonds is 6. The van der Waals surface area contributed by atoms with Crippen molar-refractivity contribution < 1.29 is 19.0 Å². The van der Waals surface area contributed by atoms with Crippen molar-refractivity contribution in [2.75, 3.05) is 26.1 Å². The first-order valence-electron chi connectivity index (χ1n) is 7.36. The molecule has 1 amide bonds. The molecule has 0 bridgehead atoms. The smallest absolute Gasteiger partial charge is 0.262 e. The van der Waals surface area contributed by atoms with Crippen molar-refractivity contribution in [2.24, 2.45) is 0 Å². The molecule has 0 spiro atoms. The van der Waals surface area contributed by atoms with Crippen molar-refractivity contribution in [3.8, 4) is 17.2 Å². The molecule has 1 N–H and O–H groups in total. The summed E-state index contributed by atoms with van der Waals surface area (Å²) >= 11 is 6.05. The molecular weight excluding hydrogens is 330 g/mol. The van der Waals surface area contributed by atoms with Crippen molar-refractivity contribution in [3.05, 3.63) is 46.5 Å². The molecule has 0 radical (unpaired) electrons. The van der Waals surface area contributed by atoms with Gasteiger partial charge < -0.3 is 19.5 Å². The van der Waals surface area contributed by atoms with Crippen molar-refractivity contribution >= 4 is 23.2 Å². The number of hydrogen-bond donors (Lipinski definition) is 1. The van der Waals surface area contributed by atoms with E-state index in [-0.39, 0.29) is 12.5 Å². The van der Waals surface area contributed by atoms with Gasteiger partial charge in [-0.1, -0.05) is 23.7 Å². The van der Waals surface area contributed by atoms with Crippen LogP contribution in [0.15, 0.2) is 30.3 Å². The van der Waals surface area contributed by atoms with Gasteiger partial charge in [0.15, 0.2) is 6.61 Å². The SMILES string of the molecule is COc1cc(NC(=O)COc2cccc(C)c2C)c(OC)cc1Cl. The molecule has 0 aliphatic heterocycles. The minimum Gasteiger partial charge on any atom is -0.495 e. The summed E-state index contributed by atoms with van der Waals surface area (Å²) in [6.07, 6.45) is 0. The van der Waals surface area contributed by atoms with E-state index in [0.29, 0.717) is 28.0 Å². The molecule has 0 saturated carbocycles. The Balaban J connectivity index is 2.08. The summed E-state index contributed by atoms with van der Waals surface area (Å²) in [7, 11) is 3.00. The van der Waals surface area contributed by atoms with E-state index in [1.807, 2.05) is 32.0 Å². The third-order valence-corrected chi connectivity index (χ3v) is 3.96. The molecule has 24 heavy (non-hydrogen) atoms. The Morgan fingerprint density at radius 3 is 2.46 bits per heavy atom. The van der Waals surface area contributed by atoms with Gasteiger partial charge in [0.2, 0.25) is 0 Å². The molecule has 0 fully saturated rings. The van der Waals surface area contributed by atoms with Crippen LogP contribution in [0.3, 0.4) is 0 Å². The zero-order chi connectivity index (χ0) is 17.7. The lowest BCUT2D eigenvalue weighted by atomic mass is 10.1. The topological polar surface area (TPSA) is 56.8 Å². The average Bonchev–Trinajstić information content (AvgIpc) is 2.57. The summed E-state index contributed by atoms with van der Waals surface area (Å²) < 4.78 is 16.0. The van der Waals surface area contributed by atoms with Gasteiger partial charge in [0.1, 0.15) is 17.2 Å². The van der Waals surface area contributed by atoms with Crippen LogP contribution in [-0.4, -0.2) is 26.7 Å². The summed E-state index contributed by atoms with van der Waals surface area (Å²) in [5.41, 5.74) is 2.58. The number of anilines is 1. The quantitative estimate of drug-likeness (QED) is 0.856. The number of benzene rings is 2. The lowest BCUT2D eigenvalue weighted by Crippen LogP contribution is -2.21. The number of carbonyl (C=O) groups excluding carboxylic acids is 1. The summed E-state index contributed by atoms with van der Waals surface area (Å²) in [4.78, 5) is 12.2. The van der Waals surface area contributed by atoms with Gasteiger partial charge >= 0.3 is 0 Å².